The minimum Gasteiger partial charge on any atom is -0.323 e. The molecule has 0 heterocycles. The third kappa shape index (κ3) is 5.48. The number of hydrogen-bond acceptors (Lipinski definition) is 4. The fraction of sp³-hybridized carbons (Fsp3) is 0.417. The minimum atomic E-state index is -3.96. The van der Waals surface area contributed by atoms with Gasteiger partial charge in [0.2, 0.25) is 15.9 Å². The molecule has 0 saturated heterocycles. The summed E-state index contributed by atoms with van der Waals surface area (Å²) in [6.07, 6.45) is 0. The van der Waals surface area contributed by atoms with E-state index in [1.807, 2.05) is 20.8 Å². The van der Waals surface area contributed by atoms with Crippen molar-refractivity contribution in [2.75, 3.05) is 11.1 Å². The molecule has 20 heavy (non-hydrogen) atoms. The summed E-state index contributed by atoms with van der Waals surface area (Å²) >= 11 is 1.42. The second-order valence-electron chi connectivity index (χ2n) is 5.14. The van der Waals surface area contributed by atoms with E-state index in [1.54, 1.807) is 0 Å². The van der Waals surface area contributed by atoms with Crippen molar-refractivity contribution in [1.82, 2.24) is 0 Å². The Kier molecular flexibility index (Phi) is 5.17. The number of thioether (sulfide) groups is 1. The van der Waals surface area contributed by atoms with Gasteiger partial charge in [-0.25, -0.2) is 17.9 Å². The fourth-order valence-electron chi connectivity index (χ4n) is 1.24. The van der Waals surface area contributed by atoms with Crippen LogP contribution in [0.25, 0.3) is 0 Å². The average molecular weight is 320 g/mol. The van der Waals surface area contributed by atoms with E-state index in [-0.39, 0.29) is 27.0 Å². The number of benzene rings is 1. The molecule has 1 aromatic rings. The van der Waals surface area contributed by atoms with Gasteiger partial charge in [-0.2, -0.15) is 0 Å². The van der Waals surface area contributed by atoms with Gasteiger partial charge in [0.1, 0.15) is 5.82 Å². The molecule has 1 aromatic carbocycles. The number of nitrogens with one attached hydrogen (secondary N) is 1. The van der Waals surface area contributed by atoms with Crippen LogP contribution >= 0.6 is 11.8 Å². The summed E-state index contributed by atoms with van der Waals surface area (Å²) in [6.45, 7) is 5.89. The van der Waals surface area contributed by atoms with Crippen molar-refractivity contribution in [3.63, 3.8) is 0 Å². The van der Waals surface area contributed by atoms with Gasteiger partial charge in [-0.15, -0.1) is 11.8 Å². The molecule has 3 N–H and O–H groups in total. The van der Waals surface area contributed by atoms with Crippen LogP contribution in [0.4, 0.5) is 10.1 Å². The van der Waals surface area contributed by atoms with Crippen LogP contribution in [0.1, 0.15) is 20.8 Å². The van der Waals surface area contributed by atoms with Gasteiger partial charge in [-0.3, -0.25) is 4.79 Å². The highest BCUT2D eigenvalue weighted by atomic mass is 32.2. The number of anilines is 1. The van der Waals surface area contributed by atoms with Crippen LogP contribution in [-0.2, 0) is 14.8 Å². The van der Waals surface area contributed by atoms with E-state index in [1.165, 1.54) is 17.8 Å². The van der Waals surface area contributed by atoms with Crippen molar-refractivity contribution in [3.05, 3.63) is 24.0 Å². The lowest BCUT2D eigenvalue weighted by Crippen LogP contribution is -2.20. The van der Waals surface area contributed by atoms with Gasteiger partial charge in [-0.05, 0) is 18.2 Å². The average Bonchev–Trinajstić information content (AvgIpc) is 2.27. The zero-order valence-corrected chi connectivity index (χ0v) is 13.1. The van der Waals surface area contributed by atoms with Gasteiger partial charge in [0.05, 0.1) is 16.3 Å². The monoisotopic (exact) mass is 320 g/mol. The molecule has 0 unspecified atom stereocenters. The molecule has 0 aliphatic rings. The number of nitrogens with two attached hydrogens (primary N) is 1. The molecule has 1 amide bonds. The Hall–Kier alpha value is -1.12. The van der Waals surface area contributed by atoms with Crippen LogP contribution < -0.4 is 10.5 Å². The van der Waals surface area contributed by atoms with Crippen LogP contribution in [-0.4, -0.2) is 24.8 Å². The maximum atomic E-state index is 13.7. The summed E-state index contributed by atoms with van der Waals surface area (Å²) in [5.74, 6) is -1.02. The molecule has 0 atom stereocenters. The van der Waals surface area contributed by atoms with Crippen molar-refractivity contribution in [2.45, 2.75) is 30.4 Å². The molecule has 0 fully saturated rings. The second kappa shape index (κ2) is 6.11. The normalized spacial score (nSPS) is 12.2. The molecule has 0 bridgehead atoms. The van der Waals surface area contributed by atoms with Crippen molar-refractivity contribution < 1.29 is 17.6 Å². The summed E-state index contributed by atoms with van der Waals surface area (Å²) in [7, 11) is -3.96. The Morgan fingerprint density at radius 3 is 2.45 bits per heavy atom. The summed E-state index contributed by atoms with van der Waals surface area (Å²) in [4.78, 5) is 11.3. The first-order valence-corrected chi connectivity index (χ1v) is 8.28. The highest BCUT2D eigenvalue weighted by molar-refractivity contribution is 8.01. The molecule has 0 aliphatic heterocycles. The van der Waals surface area contributed by atoms with Gasteiger partial charge >= 0.3 is 0 Å². The van der Waals surface area contributed by atoms with Crippen molar-refractivity contribution in [1.29, 1.82) is 0 Å². The smallest absolute Gasteiger partial charge is 0.238 e. The number of carbonyl (C=O) groups is 1. The van der Waals surface area contributed by atoms with Gasteiger partial charge < -0.3 is 5.32 Å². The Labute approximate surface area is 122 Å². The summed E-state index contributed by atoms with van der Waals surface area (Å²) in [5, 5.41) is 7.28. The van der Waals surface area contributed by atoms with Gasteiger partial charge in [0.15, 0.2) is 0 Å². The molecule has 0 radical (unpaired) electrons. The Morgan fingerprint density at radius 2 is 2.00 bits per heavy atom. The number of carbonyl (C=O) groups excluding carboxylic acids is 1. The maximum Gasteiger partial charge on any atom is 0.238 e. The van der Waals surface area contributed by atoms with Crippen LogP contribution in [0.3, 0.4) is 0 Å². The van der Waals surface area contributed by atoms with Gasteiger partial charge in [0.25, 0.3) is 0 Å². The quantitative estimate of drug-likeness (QED) is 0.887. The third-order valence-corrected chi connectivity index (χ3v) is 4.36. The number of sulfonamides is 1. The topological polar surface area (TPSA) is 89.3 Å². The lowest BCUT2D eigenvalue weighted by molar-refractivity contribution is -0.113. The van der Waals surface area contributed by atoms with E-state index >= 15 is 0 Å². The highest BCUT2D eigenvalue weighted by Gasteiger charge is 2.16. The lowest BCUT2D eigenvalue weighted by atomic mass is 10.3. The Morgan fingerprint density at radius 1 is 1.40 bits per heavy atom. The van der Waals surface area contributed by atoms with E-state index in [4.69, 9.17) is 5.14 Å². The van der Waals surface area contributed by atoms with Crippen molar-refractivity contribution in [3.8, 4) is 0 Å². The van der Waals surface area contributed by atoms with Gasteiger partial charge in [0, 0.05) is 4.75 Å². The predicted octanol–water partition coefficient (Wildman–Crippen LogP) is 1.94. The Bertz CT molecular complexity index is 610. The van der Waals surface area contributed by atoms with E-state index in [2.05, 4.69) is 5.32 Å². The highest BCUT2D eigenvalue weighted by Crippen LogP contribution is 2.23. The molecular formula is C12H17FN2O3S2. The molecule has 0 aliphatic carbocycles. The number of halogens is 1. The van der Waals surface area contributed by atoms with Crippen molar-refractivity contribution >= 4 is 33.4 Å². The molecule has 8 heteroatoms. The molecule has 112 valence electrons. The number of hydrogen-bond donors (Lipinski definition) is 2. The Balaban J connectivity index is 2.77. The molecule has 0 aromatic heterocycles. The first kappa shape index (κ1) is 16.9. The zero-order valence-electron chi connectivity index (χ0n) is 11.4. The predicted molar refractivity (Wildman–Crippen MR) is 78.6 cm³/mol. The fourth-order valence-corrected chi connectivity index (χ4v) is 2.40. The lowest BCUT2D eigenvalue weighted by Gasteiger charge is -2.17. The number of rotatable bonds is 4. The van der Waals surface area contributed by atoms with E-state index in [0.717, 1.165) is 12.1 Å². The SMILES string of the molecule is CC(C)(C)SCC(=O)Nc1ccc(S(N)(=O)=O)cc1F. The van der Waals surface area contributed by atoms with E-state index in [9.17, 15) is 17.6 Å². The maximum absolute atomic E-state index is 13.7. The molecule has 0 saturated carbocycles. The number of amides is 1. The standard InChI is InChI=1S/C12H17FN2O3S2/c1-12(2,3)19-7-11(16)15-10-5-4-8(6-9(10)13)20(14,17)18/h4-6H,7H2,1-3H3,(H,15,16)(H2,14,17,18). The molecule has 0 spiro atoms. The largest absolute Gasteiger partial charge is 0.323 e. The first-order chi connectivity index (χ1) is 8.99. The van der Waals surface area contributed by atoms with Crippen LogP contribution in [0.15, 0.2) is 23.1 Å². The van der Waals surface area contributed by atoms with Crippen molar-refractivity contribution in [2.24, 2.45) is 5.14 Å². The van der Waals surface area contributed by atoms with Gasteiger partial charge in [-0.1, -0.05) is 20.8 Å². The molecular weight excluding hydrogens is 303 g/mol. The van der Waals surface area contributed by atoms with Crippen LogP contribution in [0.2, 0.25) is 0 Å². The number of primary sulfonamides is 1. The zero-order chi connectivity index (χ0) is 15.6. The first-order valence-electron chi connectivity index (χ1n) is 5.75. The van der Waals surface area contributed by atoms with E-state index in [0.29, 0.717) is 0 Å². The second-order valence-corrected chi connectivity index (χ2v) is 8.50. The third-order valence-electron chi connectivity index (χ3n) is 2.18. The summed E-state index contributed by atoms with van der Waals surface area (Å²) in [5.41, 5.74) is -0.0723. The minimum absolute atomic E-state index is 0.0723. The van der Waals surface area contributed by atoms with Crippen LogP contribution in [0, 0.1) is 5.82 Å². The molecule has 5 nitrogen and oxygen atoms in total. The summed E-state index contributed by atoms with van der Waals surface area (Å²) < 4.78 is 35.7. The summed E-state index contributed by atoms with van der Waals surface area (Å²) in [6, 6.07) is 3.10. The van der Waals surface area contributed by atoms with Crippen LogP contribution in [0.5, 0.6) is 0 Å². The molecule has 1 rings (SSSR count). The van der Waals surface area contributed by atoms with E-state index < -0.39 is 15.8 Å².